The molecule has 1 aromatic carbocycles. The second-order valence-electron chi connectivity index (χ2n) is 6.30. The van der Waals surface area contributed by atoms with Crippen molar-refractivity contribution >= 4 is 56.9 Å². The Morgan fingerprint density at radius 3 is 2.47 bits per heavy atom. The highest BCUT2D eigenvalue weighted by Gasteiger charge is 2.19. The van der Waals surface area contributed by atoms with Gasteiger partial charge in [-0.2, -0.15) is 0 Å². The van der Waals surface area contributed by atoms with Crippen molar-refractivity contribution in [3.8, 4) is 10.4 Å². The molecule has 2 heterocycles. The van der Waals surface area contributed by atoms with Gasteiger partial charge in [-0.25, -0.2) is 4.79 Å². The van der Waals surface area contributed by atoms with Gasteiger partial charge in [0.2, 0.25) is 0 Å². The molecule has 30 heavy (non-hydrogen) atoms. The number of amides is 1. The van der Waals surface area contributed by atoms with Gasteiger partial charge in [0.15, 0.2) is 5.11 Å². The minimum atomic E-state index is -0.436. The maximum absolute atomic E-state index is 12.4. The molecule has 0 atom stereocenters. The summed E-state index contributed by atoms with van der Waals surface area (Å²) in [5.41, 5.74) is 8.19. The summed E-state index contributed by atoms with van der Waals surface area (Å²) in [6, 6.07) is 11.5. The summed E-state index contributed by atoms with van der Waals surface area (Å²) in [5.74, 6) is -0.711. The Hall–Kier alpha value is -2.75. The van der Waals surface area contributed by atoms with E-state index in [1.165, 1.54) is 22.7 Å². The zero-order chi connectivity index (χ0) is 21.7. The number of hydrazine groups is 1. The molecule has 3 aromatic rings. The smallest absolute Gasteiger partial charge is 0.341 e. The van der Waals surface area contributed by atoms with Crippen LogP contribution in [0.4, 0.5) is 5.00 Å². The third-order valence-corrected chi connectivity index (χ3v) is 6.65. The fraction of sp³-hybridized carbons (Fsp3) is 0.190. The summed E-state index contributed by atoms with van der Waals surface area (Å²) in [5, 5.41) is 5.51. The Bertz CT molecular complexity index is 1070. The monoisotopic (exact) mass is 459 g/mol. The summed E-state index contributed by atoms with van der Waals surface area (Å²) in [6.07, 6.45) is 0. The van der Waals surface area contributed by atoms with Crippen LogP contribution in [0.3, 0.4) is 0 Å². The van der Waals surface area contributed by atoms with Crippen LogP contribution in [0.1, 0.15) is 38.1 Å². The molecule has 0 aliphatic carbocycles. The minimum Gasteiger partial charge on any atom is -0.462 e. The Morgan fingerprint density at radius 2 is 1.83 bits per heavy atom. The number of esters is 1. The van der Waals surface area contributed by atoms with Gasteiger partial charge in [0.25, 0.3) is 5.91 Å². The van der Waals surface area contributed by atoms with E-state index in [-0.39, 0.29) is 17.6 Å². The third kappa shape index (κ3) is 5.05. The Balaban J connectivity index is 1.73. The number of hydrogen-bond acceptors (Lipinski definition) is 6. The number of thiocarbonyl (C=S) groups is 1. The van der Waals surface area contributed by atoms with Crippen LogP contribution >= 0.6 is 34.9 Å². The van der Waals surface area contributed by atoms with Crippen molar-refractivity contribution in [2.24, 2.45) is 0 Å². The molecular formula is C21H21N3O3S3. The molecule has 0 spiro atoms. The number of ether oxygens (including phenoxy) is 1. The molecule has 0 aliphatic rings. The number of benzene rings is 1. The number of carbonyl (C=O) groups is 2. The zero-order valence-electron chi connectivity index (χ0n) is 16.7. The lowest BCUT2D eigenvalue weighted by molar-refractivity contribution is 0.0528. The van der Waals surface area contributed by atoms with Crippen molar-refractivity contribution in [3.63, 3.8) is 0 Å². The highest BCUT2D eigenvalue weighted by Crippen LogP contribution is 2.35. The van der Waals surface area contributed by atoms with Crippen LogP contribution in [0, 0.1) is 13.8 Å². The third-order valence-electron chi connectivity index (χ3n) is 4.33. The van der Waals surface area contributed by atoms with E-state index in [1.807, 2.05) is 49.6 Å². The van der Waals surface area contributed by atoms with Crippen LogP contribution in [0.5, 0.6) is 0 Å². The number of nitrogens with one attached hydrogen (secondary N) is 3. The Morgan fingerprint density at radius 1 is 1.10 bits per heavy atom. The van der Waals surface area contributed by atoms with Crippen LogP contribution in [0.2, 0.25) is 0 Å². The van der Waals surface area contributed by atoms with E-state index < -0.39 is 5.97 Å². The maximum Gasteiger partial charge on any atom is 0.341 e. The van der Waals surface area contributed by atoms with Crippen LogP contribution < -0.4 is 16.2 Å². The molecule has 1 amide bonds. The quantitative estimate of drug-likeness (QED) is 0.286. The molecule has 0 bridgehead atoms. The first-order valence-electron chi connectivity index (χ1n) is 9.19. The Labute approximate surface area is 188 Å². The molecule has 9 heteroatoms. The summed E-state index contributed by atoms with van der Waals surface area (Å²) in [6.45, 7) is 5.90. The first kappa shape index (κ1) is 21.9. The average molecular weight is 460 g/mol. The molecule has 0 fully saturated rings. The zero-order valence-corrected chi connectivity index (χ0v) is 19.1. The van der Waals surface area contributed by atoms with Crippen molar-refractivity contribution in [1.82, 2.24) is 10.9 Å². The van der Waals surface area contributed by atoms with Gasteiger partial charge in [0, 0.05) is 15.1 Å². The number of rotatable bonds is 5. The number of aryl methyl sites for hydroxylation is 1. The molecular weight excluding hydrogens is 438 g/mol. The molecule has 0 saturated carbocycles. The van der Waals surface area contributed by atoms with Gasteiger partial charge in [0.05, 0.1) is 17.7 Å². The second-order valence-corrected chi connectivity index (χ2v) is 8.85. The van der Waals surface area contributed by atoms with Gasteiger partial charge in [-0.1, -0.05) is 30.3 Å². The lowest BCUT2D eigenvalue weighted by Crippen LogP contribution is -2.43. The largest absolute Gasteiger partial charge is 0.462 e. The van der Waals surface area contributed by atoms with Gasteiger partial charge in [-0.05, 0) is 50.2 Å². The van der Waals surface area contributed by atoms with E-state index in [2.05, 4.69) is 16.2 Å². The van der Waals surface area contributed by atoms with E-state index in [1.54, 1.807) is 13.0 Å². The van der Waals surface area contributed by atoms with Crippen molar-refractivity contribution in [2.75, 3.05) is 11.9 Å². The number of anilines is 1. The van der Waals surface area contributed by atoms with Crippen molar-refractivity contribution in [2.45, 2.75) is 20.8 Å². The number of hydrogen-bond donors (Lipinski definition) is 3. The average Bonchev–Trinajstić information content (AvgIpc) is 3.31. The lowest BCUT2D eigenvalue weighted by atomic mass is 10.1. The number of thiophene rings is 2. The van der Waals surface area contributed by atoms with E-state index in [4.69, 9.17) is 17.0 Å². The van der Waals surface area contributed by atoms with Crippen molar-refractivity contribution in [3.05, 3.63) is 63.3 Å². The van der Waals surface area contributed by atoms with Crippen molar-refractivity contribution in [1.29, 1.82) is 0 Å². The maximum atomic E-state index is 12.4. The first-order chi connectivity index (χ1) is 14.4. The van der Waals surface area contributed by atoms with Crippen molar-refractivity contribution < 1.29 is 14.3 Å². The lowest BCUT2D eigenvalue weighted by Gasteiger charge is -2.11. The SMILES string of the molecule is CCOC(=O)c1cc(-c2ccccc2)sc1NC(=S)NNC(=O)c1csc(C)c1C. The second kappa shape index (κ2) is 9.84. The molecule has 0 saturated heterocycles. The molecule has 0 radical (unpaired) electrons. The number of carbonyl (C=O) groups excluding carboxylic acids is 2. The topological polar surface area (TPSA) is 79.5 Å². The normalized spacial score (nSPS) is 10.4. The van der Waals surface area contributed by atoms with Gasteiger partial charge >= 0.3 is 5.97 Å². The summed E-state index contributed by atoms with van der Waals surface area (Å²) >= 11 is 8.20. The molecule has 3 N–H and O–H groups in total. The molecule has 156 valence electrons. The summed E-state index contributed by atoms with van der Waals surface area (Å²) < 4.78 is 5.17. The van der Waals surface area contributed by atoms with E-state index in [9.17, 15) is 9.59 Å². The molecule has 6 nitrogen and oxygen atoms in total. The predicted molar refractivity (Wildman–Crippen MR) is 126 cm³/mol. The molecule has 2 aromatic heterocycles. The molecule has 3 rings (SSSR count). The highest BCUT2D eigenvalue weighted by molar-refractivity contribution is 7.80. The van der Waals surface area contributed by atoms with Crippen LogP contribution in [0.25, 0.3) is 10.4 Å². The summed E-state index contributed by atoms with van der Waals surface area (Å²) in [4.78, 5) is 26.7. The van der Waals surface area contributed by atoms with Gasteiger partial charge < -0.3 is 10.1 Å². The van der Waals surface area contributed by atoms with Crippen LogP contribution in [0.15, 0.2) is 41.8 Å². The minimum absolute atomic E-state index is 0.167. The molecule has 0 unspecified atom stereocenters. The van der Waals surface area contributed by atoms with Crippen LogP contribution in [-0.4, -0.2) is 23.6 Å². The first-order valence-corrected chi connectivity index (χ1v) is 11.3. The van der Waals surface area contributed by atoms with E-state index in [0.717, 1.165) is 20.9 Å². The van der Waals surface area contributed by atoms with Gasteiger partial charge in [-0.3, -0.25) is 15.6 Å². The fourth-order valence-electron chi connectivity index (χ4n) is 2.64. The van der Waals surface area contributed by atoms with Gasteiger partial charge in [0.1, 0.15) is 5.00 Å². The van der Waals surface area contributed by atoms with Gasteiger partial charge in [-0.15, -0.1) is 22.7 Å². The fourth-order valence-corrected chi connectivity index (χ4v) is 4.78. The summed E-state index contributed by atoms with van der Waals surface area (Å²) in [7, 11) is 0. The Kier molecular flexibility index (Phi) is 7.20. The predicted octanol–water partition coefficient (Wildman–Crippen LogP) is 4.90. The highest BCUT2D eigenvalue weighted by atomic mass is 32.1. The van der Waals surface area contributed by atoms with Crippen LogP contribution in [-0.2, 0) is 4.74 Å². The van der Waals surface area contributed by atoms with E-state index in [0.29, 0.717) is 16.1 Å². The molecule has 0 aliphatic heterocycles. The van der Waals surface area contributed by atoms with E-state index >= 15 is 0 Å². The standard InChI is InChI=1S/C21H21N3O3S3/c1-4-27-20(26)15-10-17(14-8-6-5-7-9-14)30-19(15)22-21(28)24-23-18(25)16-11-29-13(3)12(16)2/h5-11H,4H2,1-3H3,(H,23,25)(H2,22,24,28).